The van der Waals surface area contributed by atoms with E-state index in [1.54, 1.807) is 6.92 Å². The number of hydrogen-bond donors (Lipinski definition) is 0. The van der Waals surface area contributed by atoms with Gasteiger partial charge in [0.05, 0.1) is 0 Å². The van der Waals surface area contributed by atoms with Crippen LogP contribution in [0.2, 0.25) is 0 Å². The smallest absolute Gasteiger partial charge is 0.123 e. The third-order valence-corrected chi connectivity index (χ3v) is 0.136. The summed E-state index contributed by atoms with van der Waals surface area (Å²) in [5, 5.41) is 0. The molecule has 0 spiro atoms. The fourth-order valence-corrected chi connectivity index (χ4v) is 0. The quantitative estimate of drug-likeness (QED) is 0.553. The molecule has 0 N–H and O–H groups in total. The summed E-state index contributed by atoms with van der Waals surface area (Å²) in [6.07, 6.45) is 2.19. The molecule has 0 saturated carbocycles. The highest BCUT2D eigenvalue weighted by Crippen LogP contribution is 1.50. The summed E-state index contributed by atoms with van der Waals surface area (Å²) in [6.45, 7) is 13.7. The second-order valence-corrected chi connectivity index (χ2v) is 0.469. The number of rotatable bonds is 1. The lowest BCUT2D eigenvalue weighted by atomic mass is 10.6. The van der Waals surface area contributed by atoms with Gasteiger partial charge in [0.1, 0.15) is 47.0 Å². The van der Waals surface area contributed by atoms with Crippen LogP contribution in [0.25, 0.3) is 0 Å². The Morgan fingerprint density at radius 1 is 0.562 bits per heavy atom. The molecule has 0 saturated heterocycles. The molecule has 95 valence electrons. The minimum atomic E-state index is 0.750. The molecule has 0 rings (SSSR count). The second-order valence-electron chi connectivity index (χ2n) is 0.469. The molecule has 7 heteroatoms. The zero-order valence-electron chi connectivity index (χ0n) is 9.26. The number of carbonyl (C=O) groups excluding carboxylic acids is 7. The number of hydrogen-bond acceptors (Lipinski definition) is 7. The molecule has 1 radical (unpaired) electrons. The van der Waals surface area contributed by atoms with Gasteiger partial charge in [-0.1, -0.05) is 6.92 Å². The Morgan fingerprint density at radius 2 is 0.625 bits per heavy atom. The molecule has 0 amide bonds. The van der Waals surface area contributed by atoms with Crippen LogP contribution in [0.4, 0.5) is 0 Å². The first-order valence-corrected chi connectivity index (χ1v) is 2.88. The van der Waals surface area contributed by atoms with Crippen LogP contribution in [-0.2, 0) is 33.6 Å². The largest absolute Gasteiger partial charge is 0.307 e. The molecule has 7 nitrogen and oxygen atoms in total. The normalized spacial score (nSPS) is 3.06. The first-order chi connectivity index (χ1) is 7.91. The van der Waals surface area contributed by atoms with E-state index in [2.05, 4.69) is 0 Å². The van der Waals surface area contributed by atoms with Crippen molar-refractivity contribution in [3.63, 3.8) is 0 Å². The molecule has 0 aliphatic rings. The molecular formula is C9H17O7. The van der Waals surface area contributed by atoms with Crippen molar-refractivity contribution in [3.05, 3.63) is 6.42 Å². The van der Waals surface area contributed by atoms with E-state index in [1.807, 2.05) is 40.7 Å². The van der Waals surface area contributed by atoms with Crippen LogP contribution in [0.1, 0.15) is 6.92 Å². The van der Waals surface area contributed by atoms with Gasteiger partial charge < -0.3 is 33.6 Å². The number of aldehydes is 1. The lowest BCUT2D eigenvalue weighted by Crippen LogP contribution is -1.57. The van der Waals surface area contributed by atoms with E-state index in [1.165, 1.54) is 6.42 Å². The molecular weight excluding hydrogens is 220 g/mol. The summed E-state index contributed by atoms with van der Waals surface area (Å²) in [7, 11) is 0. The van der Waals surface area contributed by atoms with Gasteiger partial charge in [-0.15, -0.1) is 0 Å². The van der Waals surface area contributed by atoms with Gasteiger partial charge in [-0.25, -0.2) is 0 Å². The molecule has 0 aliphatic heterocycles. The average molecular weight is 237 g/mol. The second kappa shape index (κ2) is 18000. The van der Waals surface area contributed by atoms with E-state index < -0.39 is 0 Å². The Balaban J connectivity index is -0.0000000122. The van der Waals surface area contributed by atoms with Crippen LogP contribution in [0, 0.1) is 6.42 Å². The predicted molar refractivity (Wildman–Crippen MR) is 58.8 cm³/mol. The van der Waals surface area contributed by atoms with E-state index >= 15 is 0 Å². The molecule has 0 heterocycles. The fourth-order valence-electron chi connectivity index (χ4n) is 0. The van der Waals surface area contributed by atoms with Gasteiger partial charge in [0.2, 0.25) is 0 Å². The highest BCUT2D eigenvalue weighted by atomic mass is 16.1. The maximum absolute atomic E-state index is 9.12. The Bertz CT molecular complexity index is 64.7. The molecule has 0 aromatic rings. The molecule has 0 atom stereocenters. The molecule has 16 heavy (non-hydrogen) atoms. The minimum absolute atomic E-state index is 0.750. The maximum Gasteiger partial charge on any atom is 0.123 e. The van der Waals surface area contributed by atoms with Crippen LogP contribution < -0.4 is 0 Å². The molecule has 0 aromatic heterocycles. The average Bonchev–Trinajstić information content (AvgIpc) is 2.51. The lowest BCUT2D eigenvalue weighted by Gasteiger charge is -1.50. The van der Waals surface area contributed by atoms with Crippen molar-refractivity contribution >= 4 is 47.0 Å². The van der Waals surface area contributed by atoms with Crippen LogP contribution in [0.15, 0.2) is 0 Å². The van der Waals surface area contributed by atoms with Crippen LogP contribution in [-0.4, -0.2) is 47.0 Å². The van der Waals surface area contributed by atoms with Gasteiger partial charge in [0, 0.05) is 6.42 Å². The zero-order valence-corrected chi connectivity index (χ0v) is 9.26. The summed E-state index contributed by atoms with van der Waals surface area (Å²) >= 11 is 0. The topological polar surface area (TPSA) is 119 Å². The van der Waals surface area contributed by atoms with Crippen molar-refractivity contribution in [2.75, 3.05) is 0 Å². The summed E-state index contributed by atoms with van der Waals surface area (Å²) in [5.74, 6) is 0. The third-order valence-electron chi connectivity index (χ3n) is 0.136. The van der Waals surface area contributed by atoms with E-state index in [0.29, 0.717) is 0 Å². The maximum atomic E-state index is 9.12. The first kappa shape index (κ1) is 49.3. The Hall–Kier alpha value is -2.31. The van der Waals surface area contributed by atoms with Gasteiger partial charge in [-0.2, -0.15) is 0 Å². The van der Waals surface area contributed by atoms with E-state index in [0.717, 1.165) is 6.29 Å². The van der Waals surface area contributed by atoms with Crippen LogP contribution in [0.5, 0.6) is 0 Å². The van der Waals surface area contributed by atoms with E-state index in [-0.39, 0.29) is 0 Å². The first-order valence-electron chi connectivity index (χ1n) is 2.88. The van der Waals surface area contributed by atoms with E-state index in [9.17, 15) is 0 Å². The number of carbonyl (C=O) groups is 7. The van der Waals surface area contributed by atoms with Gasteiger partial charge in [0.15, 0.2) is 0 Å². The highest BCUT2D eigenvalue weighted by molar-refractivity contribution is 5.59. The Morgan fingerprint density at radius 3 is 0.625 bits per heavy atom. The predicted octanol–water partition coefficient (Wildman–Crippen LogP) is -0.700. The van der Waals surface area contributed by atoms with Gasteiger partial charge in [-0.05, 0) is 0 Å². The van der Waals surface area contributed by atoms with Gasteiger partial charge in [0.25, 0.3) is 0 Å². The van der Waals surface area contributed by atoms with Gasteiger partial charge in [-0.3, -0.25) is 0 Å². The van der Waals surface area contributed by atoms with Crippen molar-refractivity contribution in [2.24, 2.45) is 0 Å². The highest BCUT2D eigenvalue weighted by Gasteiger charge is 1.53. The van der Waals surface area contributed by atoms with Crippen molar-refractivity contribution in [3.8, 4) is 0 Å². The molecule has 0 fully saturated rings. The zero-order chi connectivity index (χ0) is 15.4. The summed E-state index contributed by atoms with van der Waals surface area (Å²) < 4.78 is 0. The van der Waals surface area contributed by atoms with Crippen LogP contribution >= 0.6 is 0 Å². The molecule has 0 aliphatic carbocycles. The minimum Gasteiger partial charge on any atom is -0.307 e. The standard InChI is InChI=1S/C3H5O.6CH2O/c1-2-3-4;6*1-2/h2-3H,1H3;6*1H2. The summed E-state index contributed by atoms with van der Waals surface area (Å²) in [6, 6.07) is 0. The fraction of sp³-hybridized carbons (Fsp3) is 0.111. The Kier molecular flexibility index (Phi) is 55600. The Labute approximate surface area is 94.8 Å². The summed E-state index contributed by atoms with van der Waals surface area (Å²) in [5.41, 5.74) is 0. The molecule has 0 bridgehead atoms. The van der Waals surface area contributed by atoms with E-state index in [4.69, 9.17) is 33.6 Å². The van der Waals surface area contributed by atoms with Crippen LogP contribution in [0.3, 0.4) is 0 Å². The SMILES string of the molecule is C=O.C=O.C=O.C=O.C=O.C=O.C[CH]C=O. The molecule has 0 unspecified atom stereocenters. The van der Waals surface area contributed by atoms with Gasteiger partial charge >= 0.3 is 0 Å². The molecule has 0 aromatic carbocycles. The van der Waals surface area contributed by atoms with Crippen molar-refractivity contribution in [1.82, 2.24) is 0 Å². The monoisotopic (exact) mass is 237 g/mol. The van der Waals surface area contributed by atoms with Crippen molar-refractivity contribution in [1.29, 1.82) is 0 Å². The van der Waals surface area contributed by atoms with Crippen molar-refractivity contribution < 1.29 is 33.6 Å². The lowest BCUT2D eigenvalue weighted by molar-refractivity contribution is -0.105. The third kappa shape index (κ3) is 778. The van der Waals surface area contributed by atoms with Crippen molar-refractivity contribution in [2.45, 2.75) is 6.92 Å². The summed E-state index contributed by atoms with van der Waals surface area (Å²) in [4.78, 5) is 57.1.